The SMILES string of the molecule is OCCSCc1ccnc(NCc2cc3ccccc3o2)c1. The maximum atomic E-state index is 8.81. The van der Waals surface area contributed by atoms with E-state index in [2.05, 4.69) is 10.3 Å². The van der Waals surface area contributed by atoms with Crippen LogP contribution in [0.4, 0.5) is 5.82 Å². The lowest BCUT2D eigenvalue weighted by atomic mass is 10.2. The van der Waals surface area contributed by atoms with Crippen LogP contribution < -0.4 is 5.32 Å². The average Bonchev–Trinajstić information content (AvgIpc) is 2.97. The first-order valence-electron chi connectivity index (χ1n) is 7.20. The van der Waals surface area contributed by atoms with Gasteiger partial charge in [-0.3, -0.25) is 0 Å². The molecule has 0 saturated heterocycles. The molecule has 3 aromatic rings. The fraction of sp³-hybridized carbons (Fsp3) is 0.235. The molecular formula is C17H18N2O2S. The summed E-state index contributed by atoms with van der Waals surface area (Å²) in [6.45, 7) is 0.821. The summed E-state index contributed by atoms with van der Waals surface area (Å²) in [5, 5.41) is 13.2. The molecule has 0 radical (unpaired) electrons. The molecule has 3 rings (SSSR count). The smallest absolute Gasteiger partial charge is 0.134 e. The second-order valence-corrected chi connectivity index (χ2v) is 6.03. The molecule has 0 amide bonds. The quantitative estimate of drug-likeness (QED) is 0.652. The molecule has 0 aliphatic rings. The highest BCUT2D eigenvalue weighted by atomic mass is 32.2. The lowest BCUT2D eigenvalue weighted by Gasteiger charge is -2.06. The van der Waals surface area contributed by atoms with Crippen LogP contribution in [-0.2, 0) is 12.3 Å². The van der Waals surface area contributed by atoms with E-state index in [1.54, 1.807) is 18.0 Å². The Labute approximate surface area is 133 Å². The summed E-state index contributed by atoms with van der Waals surface area (Å²) in [6.07, 6.45) is 1.80. The summed E-state index contributed by atoms with van der Waals surface area (Å²) < 4.78 is 5.78. The Morgan fingerprint density at radius 1 is 1.18 bits per heavy atom. The number of fused-ring (bicyclic) bond motifs is 1. The van der Waals surface area contributed by atoms with Crippen LogP contribution in [0.1, 0.15) is 11.3 Å². The predicted molar refractivity (Wildman–Crippen MR) is 91.0 cm³/mol. The number of thioether (sulfide) groups is 1. The third-order valence-corrected chi connectivity index (χ3v) is 4.26. The highest BCUT2D eigenvalue weighted by Gasteiger charge is 2.04. The molecule has 0 spiro atoms. The third kappa shape index (κ3) is 3.81. The Morgan fingerprint density at radius 2 is 2.09 bits per heavy atom. The van der Waals surface area contributed by atoms with Gasteiger partial charge in [-0.15, -0.1) is 0 Å². The van der Waals surface area contributed by atoms with Crippen LogP contribution in [0.5, 0.6) is 0 Å². The van der Waals surface area contributed by atoms with Crippen LogP contribution in [0.25, 0.3) is 11.0 Å². The number of pyridine rings is 1. The first-order chi connectivity index (χ1) is 10.8. The number of furan rings is 1. The van der Waals surface area contributed by atoms with Gasteiger partial charge in [-0.05, 0) is 29.8 Å². The molecule has 1 aromatic carbocycles. The largest absolute Gasteiger partial charge is 0.459 e. The fourth-order valence-corrected chi connectivity index (χ4v) is 2.91. The number of hydrogen-bond acceptors (Lipinski definition) is 5. The zero-order valence-corrected chi connectivity index (χ0v) is 13.0. The maximum Gasteiger partial charge on any atom is 0.134 e. The molecule has 22 heavy (non-hydrogen) atoms. The molecule has 0 aliphatic carbocycles. The molecule has 2 N–H and O–H groups in total. The molecule has 0 unspecified atom stereocenters. The second kappa shape index (κ2) is 7.33. The number of anilines is 1. The van der Waals surface area contributed by atoms with Gasteiger partial charge in [-0.1, -0.05) is 18.2 Å². The van der Waals surface area contributed by atoms with E-state index >= 15 is 0 Å². The minimum Gasteiger partial charge on any atom is -0.459 e. The van der Waals surface area contributed by atoms with Crippen molar-refractivity contribution in [3.63, 3.8) is 0 Å². The van der Waals surface area contributed by atoms with E-state index in [1.165, 1.54) is 5.56 Å². The molecule has 0 saturated carbocycles. The van der Waals surface area contributed by atoms with Gasteiger partial charge < -0.3 is 14.8 Å². The molecule has 0 atom stereocenters. The van der Waals surface area contributed by atoms with Crippen LogP contribution in [-0.4, -0.2) is 22.5 Å². The van der Waals surface area contributed by atoms with E-state index in [0.717, 1.165) is 34.1 Å². The first kappa shape index (κ1) is 14.9. The van der Waals surface area contributed by atoms with Crippen LogP contribution in [0.15, 0.2) is 53.1 Å². The molecule has 114 valence electrons. The number of nitrogens with zero attached hydrogens (tertiary/aromatic N) is 1. The first-order valence-corrected chi connectivity index (χ1v) is 8.35. The number of nitrogens with one attached hydrogen (secondary N) is 1. The van der Waals surface area contributed by atoms with Gasteiger partial charge in [-0.2, -0.15) is 11.8 Å². The topological polar surface area (TPSA) is 58.3 Å². The van der Waals surface area contributed by atoms with E-state index in [-0.39, 0.29) is 6.61 Å². The average molecular weight is 314 g/mol. The Bertz CT molecular complexity index is 709. The second-order valence-electron chi connectivity index (χ2n) is 4.93. The van der Waals surface area contributed by atoms with Crippen molar-refractivity contribution in [3.05, 3.63) is 60.0 Å². The summed E-state index contributed by atoms with van der Waals surface area (Å²) in [4.78, 5) is 4.33. The van der Waals surface area contributed by atoms with E-state index in [0.29, 0.717) is 6.54 Å². The van der Waals surface area contributed by atoms with Gasteiger partial charge in [0, 0.05) is 23.1 Å². The number of aliphatic hydroxyl groups excluding tert-OH is 1. The number of para-hydroxylation sites is 1. The Kier molecular flexibility index (Phi) is 4.98. The number of rotatable bonds is 7. The van der Waals surface area contributed by atoms with Gasteiger partial charge in [0.15, 0.2) is 0 Å². The number of aromatic nitrogens is 1. The van der Waals surface area contributed by atoms with Crippen LogP contribution in [0.3, 0.4) is 0 Å². The summed E-state index contributed by atoms with van der Waals surface area (Å²) in [7, 11) is 0. The maximum absolute atomic E-state index is 8.81. The molecule has 2 aromatic heterocycles. The van der Waals surface area contributed by atoms with Gasteiger partial charge in [-0.25, -0.2) is 4.98 Å². The Morgan fingerprint density at radius 3 is 2.95 bits per heavy atom. The van der Waals surface area contributed by atoms with Crippen molar-refractivity contribution in [2.24, 2.45) is 0 Å². The van der Waals surface area contributed by atoms with Gasteiger partial charge in [0.25, 0.3) is 0 Å². The lowest BCUT2D eigenvalue weighted by molar-refractivity contribution is 0.322. The number of hydrogen-bond donors (Lipinski definition) is 2. The molecule has 0 aliphatic heterocycles. The van der Waals surface area contributed by atoms with Crippen molar-refractivity contribution in [2.45, 2.75) is 12.3 Å². The third-order valence-electron chi connectivity index (χ3n) is 3.25. The van der Waals surface area contributed by atoms with Gasteiger partial charge in [0.2, 0.25) is 0 Å². The van der Waals surface area contributed by atoms with Crippen molar-refractivity contribution in [1.82, 2.24) is 4.98 Å². The zero-order chi connectivity index (χ0) is 15.2. The van der Waals surface area contributed by atoms with E-state index in [9.17, 15) is 0 Å². The monoisotopic (exact) mass is 314 g/mol. The fourth-order valence-electron chi connectivity index (χ4n) is 2.22. The summed E-state index contributed by atoms with van der Waals surface area (Å²) in [6, 6.07) is 14.1. The lowest BCUT2D eigenvalue weighted by Crippen LogP contribution is -2.00. The van der Waals surface area contributed by atoms with Crippen molar-refractivity contribution >= 4 is 28.5 Å². The molecular weight excluding hydrogens is 296 g/mol. The molecule has 0 bridgehead atoms. The molecule has 4 nitrogen and oxygen atoms in total. The van der Waals surface area contributed by atoms with Gasteiger partial charge >= 0.3 is 0 Å². The highest BCUT2D eigenvalue weighted by molar-refractivity contribution is 7.98. The Hall–Kier alpha value is -1.98. The molecule has 0 fully saturated rings. The Balaban J connectivity index is 1.62. The van der Waals surface area contributed by atoms with Crippen molar-refractivity contribution < 1.29 is 9.52 Å². The summed E-state index contributed by atoms with van der Waals surface area (Å²) >= 11 is 1.71. The zero-order valence-electron chi connectivity index (χ0n) is 12.2. The van der Waals surface area contributed by atoms with Gasteiger partial charge in [0.1, 0.15) is 17.2 Å². The number of benzene rings is 1. The number of aliphatic hydroxyl groups is 1. The normalized spacial score (nSPS) is 11.0. The van der Waals surface area contributed by atoms with Crippen molar-refractivity contribution in [3.8, 4) is 0 Å². The van der Waals surface area contributed by atoms with Crippen molar-refractivity contribution in [1.29, 1.82) is 0 Å². The van der Waals surface area contributed by atoms with E-state index < -0.39 is 0 Å². The summed E-state index contributed by atoms with van der Waals surface area (Å²) in [5.41, 5.74) is 2.10. The standard InChI is InChI=1S/C17H18N2O2S/c20-7-8-22-12-13-5-6-18-17(9-13)19-11-15-10-14-3-1-2-4-16(14)21-15/h1-6,9-10,20H,7-8,11-12H2,(H,18,19). The predicted octanol–water partition coefficient (Wildman–Crippen LogP) is 3.67. The minimum atomic E-state index is 0.215. The van der Waals surface area contributed by atoms with Crippen LogP contribution in [0.2, 0.25) is 0 Å². The minimum absolute atomic E-state index is 0.215. The van der Waals surface area contributed by atoms with Crippen molar-refractivity contribution in [2.75, 3.05) is 17.7 Å². The van der Waals surface area contributed by atoms with E-state index in [4.69, 9.17) is 9.52 Å². The van der Waals surface area contributed by atoms with Gasteiger partial charge in [0.05, 0.1) is 13.2 Å². The molecule has 5 heteroatoms. The summed E-state index contributed by atoms with van der Waals surface area (Å²) in [5.74, 6) is 3.36. The van der Waals surface area contributed by atoms with Crippen LogP contribution in [0, 0.1) is 0 Å². The van der Waals surface area contributed by atoms with Crippen LogP contribution >= 0.6 is 11.8 Å². The molecule has 2 heterocycles. The highest BCUT2D eigenvalue weighted by Crippen LogP contribution is 2.20. The van der Waals surface area contributed by atoms with E-state index in [1.807, 2.05) is 42.5 Å².